The van der Waals surface area contributed by atoms with Crippen molar-refractivity contribution in [1.82, 2.24) is 0 Å². The molecule has 1 rings (SSSR count). The van der Waals surface area contributed by atoms with Crippen LogP contribution in [0.15, 0.2) is 24.3 Å². The molecule has 0 aliphatic carbocycles. The summed E-state index contributed by atoms with van der Waals surface area (Å²) in [5.74, 6) is 0. The molecule has 0 saturated heterocycles. The highest BCUT2D eigenvalue weighted by molar-refractivity contribution is 7.53. The van der Waals surface area contributed by atoms with Gasteiger partial charge in [0.15, 0.2) is 0 Å². The van der Waals surface area contributed by atoms with Crippen molar-refractivity contribution < 1.29 is 27.5 Å². The maximum atomic E-state index is 12.7. The van der Waals surface area contributed by atoms with Gasteiger partial charge in [0.25, 0.3) is 0 Å². The van der Waals surface area contributed by atoms with Crippen LogP contribution in [0.2, 0.25) is 0 Å². The maximum absolute atomic E-state index is 12.7. The Kier molecular flexibility index (Phi) is 4.50. The molecule has 19 heavy (non-hydrogen) atoms. The van der Waals surface area contributed by atoms with Crippen molar-refractivity contribution in [3.63, 3.8) is 0 Å². The highest BCUT2D eigenvalue weighted by Gasteiger charge is 2.46. The van der Waals surface area contributed by atoms with Crippen LogP contribution in [0.25, 0.3) is 0 Å². The summed E-state index contributed by atoms with van der Waals surface area (Å²) in [6.45, 7) is 3.12. The van der Waals surface area contributed by atoms with Gasteiger partial charge in [-0.05, 0) is 24.5 Å². The Balaban J connectivity index is 3.46. The van der Waals surface area contributed by atoms with Gasteiger partial charge < -0.3 is 9.79 Å². The Morgan fingerprint density at radius 2 is 1.58 bits per heavy atom. The average Bonchev–Trinajstić information content (AvgIpc) is 2.29. The maximum Gasteiger partial charge on any atom is 0.416 e. The first-order valence-electron chi connectivity index (χ1n) is 5.82. The topological polar surface area (TPSA) is 57.5 Å². The third-order valence-corrected chi connectivity index (χ3v) is 5.46. The molecule has 0 fully saturated rings. The quantitative estimate of drug-likeness (QED) is 0.828. The van der Waals surface area contributed by atoms with E-state index >= 15 is 0 Å². The standard InChI is InChI=1S/C12H16F3O3P/c1-3-11(4-2,19(16,17)18)9-6-5-7-10(8-9)12(13,14)15/h5-8H,3-4H2,1-2H3,(H2,16,17,18). The zero-order valence-corrected chi connectivity index (χ0v) is 11.5. The third kappa shape index (κ3) is 3.02. The molecule has 3 nitrogen and oxygen atoms in total. The van der Waals surface area contributed by atoms with Crippen LogP contribution in [0.5, 0.6) is 0 Å². The van der Waals surface area contributed by atoms with Crippen LogP contribution in [0, 0.1) is 0 Å². The van der Waals surface area contributed by atoms with Crippen molar-refractivity contribution in [3.05, 3.63) is 35.4 Å². The predicted octanol–water partition coefficient (Wildman–Crippen LogP) is 3.90. The number of hydrogen-bond donors (Lipinski definition) is 2. The summed E-state index contributed by atoms with van der Waals surface area (Å²) in [5, 5.41) is -1.56. The lowest BCUT2D eigenvalue weighted by molar-refractivity contribution is -0.137. The van der Waals surface area contributed by atoms with Crippen molar-refractivity contribution in [1.29, 1.82) is 0 Å². The summed E-state index contributed by atoms with van der Waals surface area (Å²) in [5.41, 5.74) is -0.870. The highest BCUT2D eigenvalue weighted by atomic mass is 31.2. The van der Waals surface area contributed by atoms with E-state index < -0.39 is 24.5 Å². The van der Waals surface area contributed by atoms with Crippen molar-refractivity contribution in [2.75, 3.05) is 0 Å². The van der Waals surface area contributed by atoms with Crippen molar-refractivity contribution >= 4 is 7.60 Å². The molecule has 0 aromatic heterocycles. The zero-order chi connectivity index (χ0) is 14.9. The molecule has 7 heteroatoms. The molecule has 0 aliphatic heterocycles. The Hall–Kier alpha value is -0.840. The minimum Gasteiger partial charge on any atom is -0.324 e. The lowest BCUT2D eigenvalue weighted by atomic mass is 9.91. The smallest absolute Gasteiger partial charge is 0.324 e. The summed E-state index contributed by atoms with van der Waals surface area (Å²) in [6, 6.07) is 4.22. The van der Waals surface area contributed by atoms with Crippen molar-refractivity contribution in [2.45, 2.75) is 38.0 Å². The molecular weight excluding hydrogens is 280 g/mol. The van der Waals surface area contributed by atoms with E-state index in [4.69, 9.17) is 0 Å². The summed E-state index contributed by atoms with van der Waals surface area (Å²) in [4.78, 5) is 19.0. The Labute approximate surface area is 109 Å². The zero-order valence-electron chi connectivity index (χ0n) is 10.6. The molecule has 0 atom stereocenters. The number of benzene rings is 1. The molecule has 0 spiro atoms. The molecule has 0 saturated carbocycles. The molecule has 0 unspecified atom stereocenters. The van der Waals surface area contributed by atoms with E-state index in [1.54, 1.807) is 13.8 Å². The monoisotopic (exact) mass is 296 g/mol. The number of halogens is 3. The minimum absolute atomic E-state index is 0.0284. The van der Waals surface area contributed by atoms with E-state index in [1.165, 1.54) is 12.1 Å². The van der Waals surface area contributed by atoms with E-state index in [2.05, 4.69) is 0 Å². The lowest BCUT2D eigenvalue weighted by Crippen LogP contribution is -2.25. The van der Waals surface area contributed by atoms with Gasteiger partial charge in [-0.25, -0.2) is 0 Å². The highest BCUT2D eigenvalue weighted by Crippen LogP contribution is 2.61. The Bertz CT molecular complexity index is 489. The van der Waals surface area contributed by atoms with E-state index in [0.717, 1.165) is 12.1 Å². The lowest BCUT2D eigenvalue weighted by Gasteiger charge is -2.33. The van der Waals surface area contributed by atoms with Gasteiger partial charge in [-0.15, -0.1) is 0 Å². The van der Waals surface area contributed by atoms with Crippen LogP contribution >= 0.6 is 7.60 Å². The van der Waals surface area contributed by atoms with Gasteiger partial charge in [0.1, 0.15) is 0 Å². The van der Waals surface area contributed by atoms with Crippen molar-refractivity contribution in [2.24, 2.45) is 0 Å². The van der Waals surface area contributed by atoms with Crippen LogP contribution in [0.1, 0.15) is 37.8 Å². The summed E-state index contributed by atoms with van der Waals surface area (Å²) in [6.07, 6.45) is -4.40. The van der Waals surface area contributed by atoms with Crippen molar-refractivity contribution in [3.8, 4) is 0 Å². The van der Waals surface area contributed by atoms with E-state index in [-0.39, 0.29) is 18.4 Å². The fourth-order valence-corrected chi connectivity index (χ4v) is 3.52. The second kappa shape index (κ2) is 5.27. The van der Waals surface area contributed by atoms with Gasteiger partial charge >= 0.3 is 13.8 Å². The fraction of sp³-hybridized carbons (Fsp3) is 0.500. The SMILES string of the molecule is CCC(CC)(c1cccc(C(F)(F)F)c1)P(=O)(O)O. The van der Waals surface area contributed by atoms with Crippen LogP contribution in [0.3, 0.4) is 0 Å². The van der Waals surface area contributed by atoms with Gasteiger partial charge in [-0.1, -0.05) is 32.0 Å². The number of hydrogen-bond acceptors (Lipinski definition) is 1. The fourth-order valence-electron chi connectivity index (χ4n) is 2.22. The molecule has 1 aromatic rings. The second-order valence-corrected chi connectivity index (χ2v) is 6.31. The largest absolute Gasteiger partial charge is 0.416 e. The number of alkyl halides is 3. The first-order valence-corrected chi connectivity index (χ1v) is 7.43. The first-order chi connectivity index (χ1) is 8.58. The van der Waals surface area contributed by atoms with Crippen LogP contribution < -0.4 is 0 Å². The molecule has 108 valence electrons. The van der Waals surface area contributed by atoms with Crippen LogP contribution in [-0.2, 0) is 15.9 Å². The third-order valence-electron chi connectivity index (χ3n) is 3.45. The van der Waals surface area contributed by atoms with Crippen LogP contribution in [0.4, 0.5) is 13.2 Å². The van der Waals surface area contributed by atoms with Gasteiger partial charge in [-0.2, -0.15) is 13.2 Å². The van der Waals surface area contributed by atoms with Gasteiger partial charge in [0.2, 0.25) is 0 Å². The normalized spacial score (nSPS) is 13.6. The molecule has 2 N–H and O–H groups in total. The van der Waals surface area contributed by atoms with Crippen LogP contribution in [-0.4, -0.2) is 9.79 Å². The average molecular weight is 296 g/mol. The molecule has 1 aromatic carbocycles. The minimum atomic E-state index is -4.57. The van der Waals surface area contributed by atoms with E-state index in [0.29, 0.717) is 0 Å². The molecule has 0 amide bonds. The molecule has 0 heterocycles. The van der Waals surface area contributed by atoms with Gasteiger partial charge in [0, 0.05) is 0 Å². The second-order valence-electron chi connectivity index (χ2n) is 4.36. The molecule has 0 aliphatic rings. The van der Waals surface area contributed by atoms with E-state index in [1.807, 2.05) is 0 Å². The molecule has 0 radical (unpaired) electrons. The van der Waals surface area contributed by atoms with E-state index in [9.17, 15) is 27.5 Å². The summed E-state index contributed by atoms with van der Waals surface area (Å²) >= 11 is 0. The first kappa shape index (κ1) is 16.2. The summed E-state index contributed by atoms with van der Waals surface area (Å²) < 4.78 is 49.7. The van der Waals surface area contributed by atoms with Gasteiger partial charge in [-0.3, -0.25) is 4.57 Å². The van der Waals surface area contributed by atoms with Gasteiger partial charge in [0.05, 0.1) is 10.7 Å². The Morgan fingerprint density at radius 3 is 1.95 bits per heavy atom. The molecule has 0 bridgehead atoms. The Morgan fingerprint density at radius 1 is 1.11 bits per heavy atom. The number of rotatable bonds is 4. The summed E-state index contributed by atoms with van der Waals surface area (Å²) in [7, 11) is -4.57. The predicted molar refractivity (Wildman–Crippen MR) is 65.7 cm³/mol. The molecular formula is C12H16F3O3P.